The lowest BCUT2D eigenvalue weighted by Gasteiger charge is -2.06. The number of aryl methyl sites for hydroxylation is 1. The van der Waals surface area contributed by atoms with E-state index in [1.807, 2.05) is 29.1 Å². The summed E-state index contributed by atoms with van der Waals surface area (Å²) in [6.07, 6.45) is 4.56. The Morgan fingerprint density at radius 3 is 3.10 bits per heavy atom. The molecule has 1 heterocycles. The van der Waals surface area contributed by atoms with Gasteiger partial charge < -0.3 is 10.1 Å². The van der Waals surface area contributed by atoms with E-state index in [2.05, 4.69) is 28.6 Å². The molecular weight excluding hydrogens is 252 g/mol. The molecule has 1 aromatic heterocycles. The smallest absolute Gasteiger partial charge is 0.119 e. The van der Waals surface area contributed by atoms with Crippen LogP contribution in [-0.4, -0.2) is 27.6 Å². The zero-order valence-corrected chi connectivity index (χ0v) is 11.7. The Balaban J connectivity index is 1.43. The largest absolute Gasteiger partial charge is 0.492 e. The molecule has 1 aliphatic rings. The normalized spacial score (nSPS) is 14.4. The van der Waals surface area contributed by atoms with E-state index < -0.39 is 0 Å². The van der Waals surface area contributed by atoms with Crippen molar-refractivity contribution in [3.8, 4) is 5.75 Å². The van der Waals surface area contributed by atoms with E-state index in [1.54, 1.807) is 0 Å². The highest BCUT2D eigenvalue weighted by molar-refractivity contribution is 5.27. The van der Waals surface area contributed by atoms with Crippen LogP contribution in [0.15, 0.2) is 30.5 Å². The molecule has 5 heteroatoms. The first-order chi connectivity index (χ1) is 9.79. The van der Waals surface area contributed by atoms with E-state index in [0.717, 1.165) is 18.0 Å². The molecule has 0 amide bonds. The molecule has 0 spiro atoms. The Labute approximate surface area is 118 Å². The topological polar surface area (TPSA) is 52.0 Å². The fraction of sp³-hybridized carbons (Fsp3) is 0.467. The number of hydrogen-bond acceptors (Lipinski definition) is 4. The van der Waals surface area contributed by atoms with Crippen LogP contribution >= 0.6 is 0 Å². The van der Waals surface area contributed by atoms with Crippen LogP contribution in [0.1, 0.15) is 24.1 Å². The Morgan fingerprint density at radius 2 is 2.30 bits per heavy atom. The van der Waals surface area contributed by atoms with E-state index in [4.69, 9.17) is 4.74 Å². The molecule has 1 aromatic carbocycles. The molecule has 1 fully saturated rings. The van der Waals surface area contributed by atoms with Gasteiger partial charge >= 0.3 is 0 Å². The van der Waals surface area contributed by atoms with Crippen LogP contribution in [-0.2, 0) is 13.1 Å². The summed E-state index contributed by atoms with van der Waals surface area (Å²) in [6, 6.07) is 8.77. The van der Waals surface area contributed by atoms with Crippen molar-refractivity contribution in [1.29, 1.82) is 0 Å². The van der Waals surface area contributed by atoms with Crippen LogP contribution in [0, 0.1) is 6.92 Å². The number of nitrogens with one attached hydrogen (secondary N) is 1. The molecule has 0 aliphatic heterocycles. The van der Waals surface area contributed by atoms with E-state index in [9.17, 15) is 0 Å². The van der Waals surface area contributed by atoms with Crippen molar-refractivity contribution < 1.29 is 4.74 Å². The first-order valence-electron chi connectivity index (χ1n) is 7.11. The van der Waals surface area contributed by atoms with E-state index in [1.165, 1.54) is 18.4 Å². The third-order valence-corrected chi connectivity index (χ3v) is 3.31. The van der Waals surface area contributed by atoms with Crippen molar-refractivity contribution in [3.05, 3.63) is 41.7 Å². The van der Waals surface area contributed by atoms with Gasteiger partial charge in [0.2, 0.25) is 0 Å². The molecular formula is C15H20N4O. The van der Waals surface area contributed by atoms with Crippen LogP contribution < -0.4 is 10.1 Å². The molecule has 1 N–H and O–H groups in total. The molecule has 0 radical (unpaired) electrons. The second-order valence-corrected chi connectivity index (χ2v) is 5.29. The van der Waals surface area contributed by atoms with Gasteiger partial charge in [-0.25, -0.2) is 4.68 Å². The summed E-state index contributed by atoms with van der Waals surface area (Å²) < 4.78 is 7.54. The van der Waals surface area contributed by atoms with Crippen molar-refractivity contribution in [2.24, 2.45) is 0 Å². The van der Waals surface area contributed by atoms with Crippen molar-refractivity contribution in [2.75, 3.05) is 6.61 Å². The zero-order chi connectivity index (χ0) is 13.8. The molecule has 20 heavy (non-hydrogen) atoms. The maximum Gasteiger partial charge on any atom is 0.119 e. The summed E-state index contributed by atoms with van der Waals surface area (Å²) in [7, 11) is 0. The van der Waals surface area contributed by atoms with Gasteiger partial charge in [-0.15, -0.1) is 5.10 Å². The summed E-state index contributed by atoms with van der Waals surface area (Å²) in [5.74, 6) is 0.903. The van der Waals surface area contributed by atoms with Gasteiger partial charge in [-0.3, -0.25) is 0 Å². The Bertz CT molecular complexity index is 563. The lowest BCUT2D eigenvalue weighted by molar-refractivity contribution is 0.289. The molecule has 0 atom stereocenters. The third kappa shape index (κ3) is 3.81. The summed E-state index contributed by atoms with van der Waals surface area (Å²) in [5.41, 5.74) is 2.20. The predicted molar refractivity (Wildman–Crippen MR) is 76.6 cm³/mol. The van der Waals surface area contributed by atoms with Crippen molar-refractivity contribution in [3.63, 3.8) is 0 Å². The molecule has 1 aliphatic carbocycles. The fourth-order valence-electron chi connectivity index (χ4n) is 2.03. The SMILES string of the molecule is Cc1cccc(OCCn2cc(CNC3CC3)nn2)c1. The first-order valence-corrected chi connectivity index (χ1v) is 7.11. The molecule has 0 unspecified atom stereocenters. The van der Waals surface area contributed by atoms with Gasteiger partial charge in [-0.1, -0.05) is 17.3 Å². The maximum atomic E-state index is 5.70. The number of rotatable bonds is 7. The Kier molecular flexibility index (Phi) is 3.97. The number of nitrogens with zero attached hydrogens (tertiary/aromatic N) is 3. The van der Waals surface area contributed by atoms with E-state index in [-0.39, 0.29) is 0 Å². The van der Waals surface area contributed by atoms with Gasteiger partial charge in [0.15, 0.2) is 0 Å². The molecule has 1 saturated carbocycles. The number of hydrogen-bond donors (Lipinski definition) is 1. The highest BCUT2D eigenvalue weighted by atomic mass is 16.5. The van der Waals surface area contributed by atoms with Crippen molar-refractivity contribution in [2.45, 2.75) is 38.9 Å². The molecule has 3 rings (SSSR count). The summed E-state index contributed by atoms with van der Waals surface area (Å²) >= 11 is 0. The minimum Gasteiger partial charge on any atom is -0.492 e. The molecule has 2 aromatic rings. The summed E-state index contributed by atoms with van der Waals surface area (Å²) in [4.78, 5) is 0. The maximum absolute atomic E-state index is 5.70. The highest BCUT2D eigenvalue weighted by Crippen LogP contribution is 2.18. The molecule has 0 bridgehead atoms. The summed E-state index contributed by atoms with van der Waals surface area (Å²) in [6.45, 7) is 4.18. The van der Waals surface area contributed by atoms with Gasteiger partial charge in [0.05, 0.1) is 12.2 Å². The van der Waals surface area contributed by atoms with Crippen LogP contribution in [0.25, 0.3) is 0 Å². The molecule has 0 saturated heterocycles. The predicted octanol–water partition coefficient (Wildman–Crippen LogP) is 1.92. The van der Waals surface area contributed by atoms with Crippen molar-refractivity contribution in [1.82, 2.24) is 20.3 Å². The van der Waals surface area contributed by atoms with E-state index >= 15 is 0 Å². The highest BCUT2D eigenvalue weighted by Gasteiger charge is 2.20. The van der Waals surface area contributed by atoms with Gasteiger partial charge in [-0.05, 0) is 37.5 Å². The fourth-order valence-corrected chi connectivity index (χ4v) is 2.03. The molecule has 106 valence electrons. The first kappa shape index (κ1) is 13.1. The monoisotopic (exact) mass is 272 g/mol. The van der Waals surface area contributed by atoms with E-state index in [0.29, 0.717) is 19.2 Å². The number of benzene rings is 1. The second kappa shape index (κ2) is 6.05. The Morgan fingerprint density at radius 1 is 1.40 bits per heavy atom. The van der Waals surface area contributed by atoms with Gasteiger partial charge in [-0.2, -0.15) is 0 Å². The average molecular weight is 272 g/mol. The van der Waals surface area contributed by atoms with Crippen LogP contribution in [0.5, 0.6) is 5.75 Å². The van der Waals surface area contributed by atoms with Crippen LogP contribution in [0.3, 0.4) is 0 Å². The van der Waals surface area contributed by atoms with Gasteiger partial charge in [0.25, 0.3) is 0 Å². The van der Waals surface area contributed by atoms with Crippen LogP contribution in [0.2, 0.25) is 0 Å². The zero-order valence-electron chi connectivity index (χ0n) is 11.7. The van der Waals surface area contributed by atoms with Gasteiger partial charge in [0, 0.05) is 18.8 Å². The van der Waals surface area contributed by atoms with Crippen molar-refractivity contribution >= 4 is 0 Å². The number of aromatic nitrogens is 3. The number of ether oxygens (including phenoxy) is 1. The summed E-state index contributed by atoms with van der Waals surface area (Å²) in [5, 5.41) is 11.7. The van der Waals surface area contributed by atoms with Gasteiger partial charge in [0.1, 0.15) is 12.4 Å². The lowest BCUT2D eigenvalue weighted by atomic mass is 10.2. The Hall–Kier alpha value is -1.88. The average Bonchev–Trinajstić information content (AvgIpc) is 3.16. The lowest BCUT2D eigenvalue weighted by Crippen LogP contribution is -2.15. The minimum atomic E-state index is 0.600. The third-order valence-electron chi connectivity index (χ3n) is 3.31. The minimum absolute atomic E-state index is 0.600. The second-order valence-electron chi connectivity index (χ2n) is 5.29. The van der Waals surface area contributed by atoms with Crippen LogP contribution in [0.4, 0.5) is 0 Å². The quantitative estimate of drug-likeness (QED) is 0.836. The molecule has 5 nitrogen and oxygen atoms in total. The standard InChI is InChI=1S/C15H20N4O/c1-12-3-2-4-15(9-12)20-8-7-19-11-14(17-18-19)10-16-13-5-6-13/h2-4,9,11,13,16H,5-8,10H2,1H3.